The van der Waals surface area contributed by atoms with E-state index in [-0.39, 0.29) is 5.91 Å². The SMILES string of the molecule is CCN(Cc1ccccc1C#N)C(=O)C(N)c1cccs1. The first-order valence-corrected chi connectivity index (χ1v) is 7.61. The molecule has 1 unspecified atom stereocenters. The van der Waals surface area contributed by atoms with Gasteiger partial charge in [0.05, 0.1) is 11.6 Å². The van der Waals surface area contributed by atoms with E-state index in [1.165, 1.54) is 11.3 Å². The van der Waals surface area contributed by atoms with Gasteiger partial charge in [-0.05, 0) is 30.0 Å². The first-order chi connectivity index (χ1) is 10.2. The summed E-state index contributed by atoms with van der Waals surface area (Å²) in [6.45, 7) is 2.86. The summed E-state index contributed by atoms with van der Waals surface area (Å²) in [6.07, 6.45) is 0. The van der Waals surface area contributed by atoms with E-state index in [0.29, 0.717) is 18.7 Å². The van der Waals surface area contributed by atoms with Crippen LogP contribution >= 0.6 is 11.3 Å². The fourth-order valence-corrected chi connectivity index (χ4v) is 2.82. The number of carbonyl (C=O) groups excluding carboxylic acids is 1. The summed E-state index contributed by atoms with van der Waals surface area (Å²) in [6, 6.07) is 12.6. The molecule has 1 atom stereocenters. The lowest BCUT2D eigenvalue weighted by atomic mass is 10.1. The van der Waals surface area contributed by atoms with E-state index in [2.05, 4.69) is 6.07 Å². The van der Waals surface area contributed by atoms with E-state index in [0.717, 1.165) is 10.4 Å². The number of hydrogen-bond acceptors (Lipinski definition) is 4. The largest absolute Gasteiger partial charge is 0.337 e. The number of thiophene rings is 1. The van der Waals surface area contributed by atoms with Crippen molar-refractivity contribution in [2.24, 2.45) is 5.73 Å². The molecule has 0 spiro atoms. The highest BCUT2D eigenvalue weighted by Crippen LogP contribution is 2.20. The van der Waals surface area contributed by atoms with Crippen LogP contribution in [0.15, 0.2) is 41.8 Å². The van der Waals surface area contributed by atoms with E-state index in [1.807, 2.05) is 42.6 Å². The number of amides is 1. The Morgan fingerprint density at radius 1 is 1.38 bits per heavy atom. The summed E-state index contributed by atoms with van der Waals surface area (Å²) in [5.74, 6) is -0.118. The molecule has 4 nitrogen and oxygen atoms in total. The molecular weight excluding hydrogens is 282 g/mol. The number of carbonyl (C=O) groups is 1. The second-order valence-electron chi connectivity index (χ2n) is 4.61. The highest BCUT2D eigenvalue weighted by atomic mass is 32.1. The molecule has 108 valence electrons. The molecule has 5 heteroatoms. The molecule has 1 aromatic carbocycles. The summed E-state index contributed by atoms with van der Waals surface area (Å²) >= 11 is 1.48. The Bertz CT molecular complexity index is 646. The monoisotopic (exact) mass is 299 g/mol. The van der Waals surface area contributed by atoms with Crippen molar-refractivity contribution >= 4 is 17.2 Å². The molecule has 1 amide bonds. The van der Waals surface area contributed by atoms with Gasteiger partial charge < -0.3 is 10.6 Å². The summed E-state index contributed by atoms with van der Waals surface area (Å²) in [5.41, 5.74) is 7.47. The van der Waals surface area contributed by atoms with Crippen molar-refractivity contribution in [2.75, 3.05) is 6.54 Å². The molecule has 2 aromatic rings. The van der Waals surface area contributed by atoms with Gasteiger partial charge in [-0.15, -0.1) is 11.3 Å². The maximum atomic E-state index is 12.5. The van der Waals surface area contributed by atoms with Crippen LogP contribution in [0, 0.1) is 11.3 Å². The normalized spacial score (nSPS) is 11.7. The second kappa shape index (κ2) is 7.02. The van der Waals surface area contributed by atoms with Crippen molar-refractivity contribution in [3.8, 4) is 6.07 Å². The van der Waals surface area contributed by atoms with Gasteiger partial charge in [0.2, 0.25) is 5.91 Å². The van der Waals surface area contributed by atoms with Crippen molar-refractivity contribution in [1.29, 1.82) is 5.26 Å². The fourth-order valence-electron chi connectivity index (χ4n) is 2.11. The molecule has 2 N–H and O–H groups in total. The highest BCUT2D eigenvalue weighted by Gasteiger charge is 2.22. The molecule has 0 aliphatic heterocycles. The topological polar surface area (TPSA) is 70.1 Å². The van der Waals surface area contributed by atoms with Crippen LogP contribution in [0.1, 0.15) is 29.0 Å². The molecule has 21 heavy (non-hydrogen) atoms. The van der Waals surface area contributed by atoms with Gasteiger partial charge in [0.1, 0.15) is 6.04 Å². The predicted octanol–water partition coefficient (Wildman–Crippen LogP) is 2.67. The third-order valence-electron chi connectivity index (χ3n) is 3.31. The Hall–Kier alpha value is -2.16. The number of hydrogen-bond donors (Lipinski definition) is 1. The second-order valence-corrected chi connectivity index (χ2v) is 5.59. The Morgan fingerprint density at radius 3 is 2.76 bits per heavy atom. The third-order valence-corrected chi connectivity index (χ3v) is 4.26. The Kier molecular flexibility index (Phi) is 5.09. The van der Waals surface area contributed by atoms with Crippen molar-refractivity contribution in [3.63, 3.8) is 0 Å². The standard InChI is InChI=1S/C16H17N3OS/c1-2-19(11-13-7-4-3-6-12(13)10-17)16(20)15(18)14-8-5-9-21-14/h3-9,15H,2,11,18H2,1H3. The number of likely N-dealkylation sites (N-methyl/N-ethyl adjacent to an activating group) is 1. The van der Waals surface area contributed by atoms with Gasteiger partial charge in [0.25, 0.3) is 0 Å². The fraction of sp³-hybridized carbons (Fsp3) is 0.250. The van der Waals surface area contributed by atoms with Gasteiger partial charge in [-0.3, -0.25) is 4.79 Å². The number of benzene rings is 1. The molecule has 0 aliphatic carbocycles. The molecule has 0 saturated heterocycles. The molecule has 0 bridgehead atoms. The van der Waals surface area contributed by atoms with Crippen molar-refractivity contribution in [3.05, 3.63) is 57.8 Å². The Balaban J connectivity index is 2.16. The average Bonchev–Trinajstić information content (AvgIpc) is 3.06. The Morgan fingerprint density at radius 2 is 2.14 bits per heavy atom. The molecular formula is C16H17N3OS. The van der Waals surface area contributed by atoms with Gasteiger partial charge in [-0.25, -0.2) is 0 Å². The lowest BCUT2D eigenvalue weighted by molar-refractivity contribution is -0.133. The van der Waals surface area contributed by atoms with Crippen LogP contribution in [-0.4, -0.2) is 17.4 Å². The smallest absolute Gasteiger partial charge is 0.245 e. The van der Waals surface area contributed by atoms with E-state index in [9.17, 15) is 4.79 Å². The van der Waals surface area contributed by atoms with E-state index >= 15 is 0 Å². The third kappa shape index (κ3) is 3.48. The van der Waals surface area contributed by atoms with Gasteiger partial charge in [-0.1, -0.05) is 24.3 Å². The minimum Gasteiger partial charge on any atom is -0.337 e. The molecule has 1 aromatic heterocycles. The maximum absolute atomic E-state index is 12.5. The van der Waals surface area contributed by atoms with Crippen molar-refractivity contribution < 1.29 is 4.79 Å². The zero-order valence-corrected chi connectivity index (χ0v) is 12.6. The molecule has 2 rings (SSSR count). The minimum atomic E-state index is -0.640. The zero-order valence-electron chi connectivity index (χ0n) is 11.8. The van der Waals surface area contributed by atoms with Crippen LogP contribution < -0.4 is 5.73 Å². The van der Waals surface area contributed by atoms with Crippen molar-refractivity contribution in [1.82, 2.24) is 4.90 Å². The first kappa shape index (κ1) is 15.2. The summed E-state index contributed by atoms with van der Waals surface area (Å²) in [7, 11) is 0. The van der Waals surface area contributed by atoms with Crippen LogP contribution in [0.4, 0.5) is 0 Å². The Labute approximate surface area is 128 Å². The molecule has 0 radical (unpaired) electrons. The summed E-state index contributed by atoms with van der Waals surface area (Å²) < 4.78 is 0. The number of nitrogens with two attached hydrogens (primary N) is 1. The zero-order chi connectivity index (χ0) is 15.2. The van der Waals surface area contributed by atoms with Crippen LogP contribution in [0.25, 0.3) is 0 Å². The van der Waals surface area contributed by atoms with E-state index in [4.69, 9.17) is 11.0 Å². The molecule has 1 heterocycles. The van der Waals surface area contributed by atoms with E-state index < -0.39 is 6.04 Å². The van der Waals surface area contributed by atoms with Gasteiger partial charge in [-0.2, -0.15) is 5.26 Å². The van der Waals surface area contributed by atoms with Crippen LogP contribution in [0.2, 0.25) is 0 Å². The quantitative estimate of drug-likeness (QED) is 0.922. The summed E-state index contributed by atoms with van der Waals surface area (Å²) in [5, 5.41) is 11.0. The minimum absolute atomic E-state index is 0.118. The molecule has 0 saturated carbocycles. The predicted molar refractivity (Wildman–Crippen MR) is 83.5 cm³/mol. The highest BCUT2D eigenvalue weighted by molar-refractivity contribution is 7.10. The lowest BCUT2D eigenvalue weighted by Crippen LogP contribution is -2.37. The first-order valence-electron chi connectivity index (χ1n) is 6.73. The van der Waals surface area contributed by atoms with Gasteiger partial charge >= 0.3 is 0 Å². The van der Waals surface area contributed by atoms with Crippen LogP contribution in [0.3, 0.4) is 0 Å². The van der Waals surface area contributed by atoms with Gasteiger partial charge in [0, 0.05) is 18.0 Å². The molecule has 0 aliphatic rings. The lowest BCUT2D eigenvalue weighted by Gasteiger charge is -2.24. The van der Waals surface area contributed by atoms with Crippen LogP contribution in [0.5, 0.6) is 0 Å². The number of nitrogens with zero attached hydrogens (tertiary/aromatic N) is 2. The van der Waals surface area contributed by atoms with E-state index in [1.54, 1.807) is 11.0 Å². The maximum Gasteiger partial charge on any atom is 0.245 e. The number of nitriles is 1. The van der Waals surface area contributed by atoms with Crippen LogP contribution in [-0.2, 0) is 11.3 Å². The molecule has 0 fully saturated rings. The van der Waals surface area contributed by atoms with Crippen molar-refractivity contribution in [2.45, 2.75) is 19.5 Å². The average molecular weight is 299 g/mol. The van der Waals surface area contributed by atoms with Gasteiger partial charge in [0.15, 0.2) is 0 Å². The summed E-state index contributed by atoms with van der Waals surface area (Å²) in [4.78, 5) is 15.0. The number of rotatable bonds is 5.